The van der Waals surface area contributed by atoms with Gasteiger partial charge in [0.25, 0.3) is 0 Å². The lowest BCUT2D eigenvalue weighted by molar-refractivity contribution is -0.126. The van der Waals surface area contributed by atoms with Gasteiger partial charge in [0.1, 0.15) is 0 Å². The summed E-state index contributed by atoms with van der Waals surface area (Å²) in [6.45, 7) is 2.82. The maximum Gasteiger partial charge on any atom is 0.225 e. The zero-order chi connectivity index (χ0) is 19.0. The summed E-state index contributed by atoms with van der Waals surface area (Å²) in [5.74, 6) is -0.502. The van der Waals surface area contributed by atoms with Gasteiger partial charge in [-0.05, 0) is 35.7 Å². The number of aromatic nitrogens is 1. The zero-order valence-corrected chi connectivity index (χ0v) is 15.7. The maximum atomic E-state index is 12.3. The molecule has 27 heavy (non-hydrogen) atoms. The van der Waals surface area contributed by atoms with Crippen LogP contribution in [0.4, 0.5) is 0 Å². The first-order valence-electron chi connectivity index (χ1n) is 8.93. The van der Waals surface area contributed by atoms with Crippen LogP contribution in [0.2, 0.25) is 5.02 Å². The van der Waals surface area contributed by atoms with Crippen LogP contribution in [-0.4, -0.2) is 23.3 Å². The number of nitrogens with one attached hydrogen (secondary N) is 3. The van der Waals surface area contributed by atoms with E-state index in [0.29, 0.717) is 18.1 Å². The van der Waals surface area contributed by atoms with Crippen LogP contribution in [0, 0.1) is 12.8 Å². The van der Waals surface area contributed by atoms with Crippen molar-refractivity contribution in [2.75, 3.05) is 6.54 Å². The molecule has 0 unspecified atom stereocenters. The largest absolute Gasteiger partial charge is 0.355 e. The van der Waals surface area contributed by atoms with E-state index in [0.717, 1.165) is 33.3 Å². The number of H-pyrrole nitrogens is 1. The number of rotatable bonds is 4. The third-order valence-electron chi connectivity index (χ3n) is 5.08. The summed E-state index contributed by atoms with van der Waals surface area (Å²) in [5, 5.41) is 7.30. The minimum atomic E-state index is -0.308. The molecule has 1 aromatic heterocycles. The number of fused-ring (bicyclic) bond motifs is 1. The molecule has 2 aromatic carbocycles. The highest BCUT2D eigenvalue weighted by atomic mass is 35.5. The average Bonchev–Trinajstić information content (AvgIpc) is 3.24. The van der Waals surface area contributed by atoms with E-state index in [9.17, 15) is 9.59 Å². The Morgan fingerprint density at radius 3 is 2.74 bits per heavy atom. The predicted molar refractivity (Wildman–Crippen MR) is 106 cm³/mol. The van der Waals surface area contributed by atoms with Crippen molar-refractivity contribution < 1.29 is 9.59 Å². The first-order valence-corrected chi connectivity index (χ1v) is 9.31. The summed E-state index contributed by atoms with van der Waals surface area (Å²) in [6.07, 6.45) is 0.247. The van der Waals surface area contributed by atoms with Crippen molar-refractivity contribution in [1.29, 1.82) is 0 Å². The fourth-order valence-corrected chi connectivity index (χ4v) is 3.85. The van der Waals surface area contributed by atoms with Gasteiger partial charge < -0.3 is 15.6 Å². The molecule has 0 saturated carbocycles. The van der Waals surface area contributed by atoms with Crippen molar-refractivity contribution in [2.24, 2.45) is 5.92 Å². The Balaban J connectivity index is 1.64. The lowest BCUT2D eigenvalue weighted by Crippen LogP contribution is -2.31. The van der Waals surface area contributed by atoms with Gasteiger partial charge in [-0.3, -0.25) is 9.59 Å². The number of amides is 2. The second-order valence-corrected chi connectivity index (χ2v) is 7.34. The van der Waals surface area contributed by atoms with Gasteiger partial charge in [0, 0.05) is 35.6 Å². The van der Waals surface area contributed by atoms with Crippen LogP contribution >= 0.6 is 11.6 Å². The molecule has 1 aliphatic rings. The predicted octanol–water partition coefficient (Wildman–Crippen LogP) is 3.55. The van der Waals surface area contributed by atoms with Crippen molar-refractivity contribution in [2.45, 2.75) is 19.9 Å². The average molecular weight is 382 g/mol. The molecule has 0 spiro atoms. The van der Waals surface area contributed by atoms with E-state index in [4.69, 9.17) is 11.6 Å². The molecule has 1 fully saturated rings. The third kappa shape index (κ3) is 3.43. The van der Waals surface area contributed by atoms with Gasteiger partial charge in [0.15, 0.2) is 0 Å². The van der Waals surface area contributed by atoms with Crippen LogP contribution in [0.25, 0.3) is 22.2 Å². The molecule has 3 N–H and O–H groups in total. The van der Waals surface area contributed by atoms with Gasteiger partial charge in [-0.2, -0.15) is 0 Å². The summed E-state index contributed by atoms with van der Waals surface area (Å²) in [5.41, 5.74) is 5.17. The second-order valence-electron chi connectivity index (χ2n) is 6.90. The summed E-state index contributed by atoms with van der Waals surface area (Å²) < 4.78 is 0. The Morgan fingerprint density at radius 1 is 1.26 bits per heavy atom. The van der Waals surface area contributed by atoms with Gasteiger partial charge in [-0.25, -0.2) is 0 Å². The van der Waals surface area contributed by atoms with E-state index < -0.39 is 0 Å². The standard InChI is InChI=1S/C21H20ClN3O2/c1-12-17-9-16(22)7-14(10-24-21(27)15-8-18(26)23-11-15)20(17)25-19(12)13-5-3-2-4-6-13/h2-7,9,15,25H,8,10-11H2,1H3,(H,23,26)(H,24,27)/t15-/m1/s1. The smallest absolute Gasteiger partial charge is 0.225 e. The van der Waals surface area contributed by atoms with Crippen molar-refractivity contribution in [3.8, 4) is 11.3 Å². The number of aryl methyl sites for hydroxylation is 1. The Kier molecular flexibility index (Phi) is 4.62. The van der Waals surface area contributed by atoms with E-state index in [-0.39, 0.29) is 24.2 Å². The minimum absolute atomic E-state index is 0.0761. The highest BCUT2D eigenvalue weighted by Crippen LogP contribution is 2.33. The van der Waals surface area contributed by atoms with E-state index in [1.807, 2.05) is 30.3 Å². The van der Waals surface area contributed by atoms with Crippen LogP contribution in [0.15, 0.2) is 42.5 Å². The molecule has 5 nitrogen and oxygen atoms in total. The maximum absolute atomic E-state index is 12.3. The fraction of sp³-hybridized carbons (Fsp3) is 0.238. The monoisotopic (exact) mass is 381 g/mol. The van der Waals surface area contributed by atoms with Crippen LogP contribution in [0.5, 0.6) is 0 Å². The van der Waals surface area contributed by atoms with Gasteiger partial charge in [0.2, 0.25) is 11.8 Å². The number of aromatic amines is 1. The quantitative estimate of drug-likeness (QED) is 0.646. The summed E-state index contributed by atoms with van der Waals surface area (Å²) >= 11 is 6.33. The normalized spacial score (nSPS) is 16.5. The molecule has 0 bridgehead atoms. The Labute approximate surface area is 162 Å². The first-order chi connectivity index (χ1) is 13.0. The lowest BCUT2D eigenvalue weighted by Gasteiger charge is -2.10. The van der Waals surface area contributed by atoms with Crippen LogP contribution in [-0.2, 0) is 16.1 Å². The Bertz CT molecular complexity index is 1030. The molecule has 138 valence electrons. The SMILES string of the molecule is Cc1c(-c2ccccc2)[nH]c2c(CNC(=O)[C@H]3CNC(=O)C3)cc(Cl)cc12. The molecule has 0 radical (unpaired) electrons. The number of hydrogen-bond acceptors (Lipinski definition) is 2. The van der Waals surface area contributed by atoms with Crippen molar-refractivity contribution in [3.63, 3.8) is 0 Å². The highest BCUT2D eigenvalue weighted by Gasteiger charge is 2.27. The third-order valence-corrected chi connectivity index (χ3v) is 5.30. The molecule has 2 amide bonds. The van der Waals surface area contributed by atoms with Crippen LogP contribution in [0.3, 0.4) is 0 Å². The molecule has 4 rings (SSSR count). The van der Waals surface area contributed by atoms with Crippen molar-refractivity contribution >= 4 is 34.3 Å². The van der Waals surface area contributed by atoms with Gasteiger partial charge >= 0.3 is 0 Å². The van der Waals surface area contributed by atoms with E-state index in [2.05, 4.69) is 34.7 Å². The summed E-state index contributed by atoms with van der Waals surface area (Å²) in [7, 11) is 0. The first kappa shape index (κ1) is 17.6. The zero-order valence-electron chi connectivity index (χ0n) is 14.9. The van der Waals surface area contributed by atoms with E-state index >= 15 is 0 Å². The molecule has 1 saturated heterocycles. The number of hydrogen-bond donors (Lipinski definition) is 3. The van der Waals surface area contributed by atoms with Gasteiger partial charge in [-0.1, -0.05) is 41.9 Å². The molecule has 0 aliphatic carbocycles. The Hall–Kier alpha value is -2.79. The molecule has 6 heteroatoms. The van der Waals surface area contributed by atoms with Crippen LogP contribution in [0.1, 0.15) is 17.5 Å². The molecule has 3 aromatic rings. The number of carbonyl (C=O) groups excluding carboxylic acids is 2. The number of halogens is 1. The minimum Gasteiger partial charge on any atom is -0.355 e. The van der Waals surface area contributed by atoms with Crippen molar-refractivity contribution in [3.05, 3.63) is 58.6 Å². The number of carbonyl (C=O) groups is 2. The summed E-state index contributed by atoms with van der Waals surface area (Å²) in [6, 6.07) is 13.9. The van der Waals surface area contributed by atoms with Crippen molar-refractivity contribution in [1.82, 2.24) is 15.6 Å². The topological polar surface area (TPSA) is 74.0 Å². The highest BCUT2D eigenvalue weighted by molar-refractivity contribution is 6.31. The fourth-order valence-electron chi connectivity index (χ4n) is 3.61. The Morgan fingerprint density at radius 2 is 2.04 bits per heavy atom. The van der Waals surface area contributed by atoms with Crippen LogP contribution < -0.4 is 10.6 Å². The lowest BCUT2D eigenvalue weighted by atomic mass is 10.0. The molecule has 1 atom stereocenters. The molecule has 2 heterocycles. The van der Waals surface area contributed by atoms with Gasteiger partial charge in [-0.15, -0.1) is 0 Å². The molecular formula is C21H20ClN3O2. The van der Waals surface area contributed by atoms with E-state index in [1.54, 1.807) is 0 Å². The molecular weight excluding hydrogens is 362 g/mol. The summed E-state index contributed by atoms with van der Waals surface area (Å²) in [4.78, 5) is 27.1. The molecule has 1 aliphatic heterocycles. The van der Waals surface area contributed by atoms with E-state index in [1.165, 1.54) is 0 Å². The number of benzene rings is 2. The van der Waals surface area contributed by atoms with Gasteiger partial charge in [0.05, 0.1) is 11.4 Å². The second kappa shape index (κ2) is 7.08.